The van der Waals surface area contributed by atoms with Crippen LogP contribution in [0, 0.1) is 0 Å². The Balaban J connectivity index is 3.20. The van der Waals surface area contributed by atoms with E-state index < -0.39 is 5.24 Å². The summed E-state index contributed by atoms with van der Waals surface area (Å²) in [7, 11) is 0. The van der Waals surface area contributed by atoms with Crippen molar-refractivity contribution < 1.29 is 4.79 Å². The van der Waals surface area contributed by atoms with E-state index in [4.69, 9.17) is 34.8 Å². The largest absolute Gasteiger partial charge is 0.274 e. The van der Waals surface area contributed by atoms with Crippen LogP contribution >= 0.6 is 34.8 Å². The topological polar surface area (TPSA) is 42.9 Å². The molecule has 0 radical (unpaired) electrons. The Morgan fingerprint density at radius 1 is 1.36 bits per heavy atom. The minimum absolute atomic E-state index is 0.0854. The summed E-state index contributed by atoms with van der Waals surface area (Å²) in [6.07, 6.45) is 0. The molecule has 1 aromatic heterocycles. The van der Waals surface area contributed by atoms with Crippen LogP contribution in [0.2, 0.25) is 10.2 Å². The zero-order valence-electron chi connectivity index (χ0n) is 5.01. The van der Waals surface area contributed by atoms with Gasteiger partial charge in [0, 0.05) is 0 Å². The average molecular weight is 211 g/mol. The molecule has 0 N–H and O–H groups in total. The zero-order valence-corrected chi connectivity index (χ0v) is 7.28. The van der Waals surface area contributed by atoms with E-state index in [0.717, 1.165) is 0 Å². The summed E-state index contributed by atoms with van der Waals surface area (Å²) < 4.78 is 0. The molecular formula is C5HCl3N2O. The molecule has 0 atom stereocenters. The molecule has 0 bridgehead atoms. The molecule has 0 aliphatic carbocycles. The monoisotopic (exact) mass is 210 g/mol. The van der Waals surface area contributed by atoms with Crippen LogP contribution in [0.3, 0.4) is 0 Å². The van der Waals surface area contributed by atoms with Crippen LogP contribution < -0.4 is 0 Å². The predicted octanol–water partition coefficient (Wildman–Crippen LogP) is 2.16. The van der Waals surface area contributed by atoms with Gasteiger partial charge in [0.05, 0.1) is 5.02 Å². The Morgan fingerprint density at radius 2 is 2.00 bits per heavy atom. The van der Waals surface area contributed by atoms with Gasteiger partial charge in [-0.1, -0.05) is 23.2 Å². The summed E-state index contributed by atoms with van der Waals surface area (Å²) >= 11 is 16.0. The maximum atomic E-state index is 10.5. The number of hydrogen-bond donors (Lipinski definition) is 0. The molecule has 6 heteroatoms. The maximum Gasteiger partial charge on any atom is 0.274 e. The number of carbonyl (C=O) groups is 1. The van der Waals surface area contributed by atoms with Crippen LogP contribution in [-0.4, -0.2) is 15.4 Å². The van der Waals surface area contributed by atoms with Gasteiger partial charge in [0.1, 0.15) is 0 Å². The Kier molecular flexibility index (Phi) is 2.65. The first-order valence-electron chi connectivity index (χ1n) is 2.50. The average Bonchev–Trinajstić information content (AvgIpc) is 1.85. The third kappa shape index (κ3) is 2.02. The molecule has 0 aliphatic rings. The lowest BCUT2D eigenvalue weighted by Crippen LogP contribution is -1.97. The fraction of sp³-hybridized carbons (Fsp3) is 0. The van der Waals surface area contributed by atoms with Crippen molar-refractivity contribution >= 4 is 40.0 Å². The summed E-state index contributed by atoms with van der Waals surface area (Å²) in [5.41, 5.74) is -0.0854. The second-order valence-corrected chi connectivity index (χ2v) is 2.78. The van der Waals surface area contributed by atoms with E-state index in [1.54, 1.807) is 0 Å². The van der Waals surface area contributed by atoms with Crippen molar-refractivity contribution in [2.45, 2.75) is 0 Å². The normalized spacial score (nSPS) is 9.73. The molecule has 0 aliphatic heterocycles. The van der Waals surface area contributed by atoms with Crippen molar-refractivity contribution in [2.75, 3.05) is 0 Å². The van der Waals surface area contributed by atoms with Crippen LogP contribution in [0.4, 0.5) is 0 Å². The van der Waals surface area contributed by atoms with Gasteiger partial charge < -0.3 is 0 Å². The Bertz CT molecular complexity index is 302. The third-order valence-electron chi connectivity index (χ3n) is 0.904. The van der Waals surface area contributed by atoms with Gasteiger partial charge in [0.15, 0.2) is 10.8 Å². The molecule has 0 unspecified atom stereocenters. The molecule has 1 rings (SSSR count). The predicted molar refractivity (Wildman–Crippen MR) is 42.2 cm³/mol. The Morgan fingerprint density at radius 3 is 2.45 bits per heavy atom. The fourth-order valence-electron chi connectivity index (χ4n) is 0.481. The summed E-state index contributed by atoms with van der Waals surface area (Å²) in [6, 6.07) is 1.30. The highest BCUT2D eigenvalue weighted by atomic mass is 35.5. The Hall–Kier alpha value is -0.380. The van der Waals surface area contributed by atoms with Gasteiger partial charge in [-0.2, -0.15) is 0 Å². The zero-order chi connectivity index (χ0) is 8.43. The summed E-state index contributed by atoms with van der Waals surface area (Å²) in [5, 5.41) is 6.24. The van der Waals surface area contributed by atoms with Crippen molar-refractivity contribution in [2.24, 2.45) is 0 Å². The van der Waals surface area contributed by atoms with E-state index in [0.29, 0.717) is 0 Å². The molecule has 0 aromatic carbocycles. The van der Waals surface area contributed by atoms with Gasteiger partial charge in [-0.25, -0.2) is 0 Å². The highest BCUT2D eigenvalue weighted by molar-refractivity contribution is 6.68. The lowest BCUT2D eigenvalue weighted by atomic mass is 10.4. The number of carbonyl (C=O) groups excluding carboxylic acids is 1. The molecule has 58 valence electrons. The van der Waals surface area contributed by atoms with E-state index in [1.165, 1.54) is 6.07 Å². The molecule has 1 heterocycles. The highest BCUT2D eigenvalue weighted by Gasteiger charge is 2.09. The molecule has 3 nitrogen and oxygen atoms in total. The first-order chi connectivity index (χ1) is 5.11. The number of nitrogens with zero attached hydrogens (tertiary/aromatic N) is 2. The second-order valence-electron chi connectivity index (χ2n) is 1.64. The molecular weight excluding hydrogens is 210 g/mol. The van der Waals surface area contributed by atoms with Gasteiger partial charge in [0.25, 0.3) is 5.24 Å². The molecule has 0 saturated heterocycles. The van der Waals surface area contributed by atoms with Crippen molar-refractivity contribution in [1.29, 1.82) is 0 Å². The van der Waals surface area contributed by atoms with Crippen molar-refractivity contribution in [3.8, 4) is 0 Å². The summed E-state index contributed by atoms with van der Waals surface area (Å²) in [4.78, 5) is 10.5. The van der Waals surface area contributed by atoms with Crippen LogP contribution in [0.15, 0.2) is 6.07 Å². The molecule has 0 saturated carbocycles. The first kappa shape index (κ1) is 8.71. The minimum Gasteiger partial charge on any atom is -0.274 e. The quantitative estimate of drug-likeness (QED) is 0.669. The van der Waals surface area contributed by atoms with E-state index in [-0.39, 0.29) is 15.9 Å². The number of aromatic nitrogens is 2. The van der Waals surface area contributed by atoms with E-state index >= 15 is 0 Å². The fourth-order valence-corrected chi connectivity index (χ4v) is 1.10. The lowest BCUT2D eigenvalue weighted by Gasteiger charge is -1.94. The molecule has 0 fully saturated rings. The van der Waals surface area contributed by atoms with Gasteiger partial charge >= 0.3 is 0 Å². The van der Waals surface area contributed by atoms with Crippen LogP contribution in [0.25, 0.3) is 0 Å². The van der Waals surface area contributed by atoms with Gasteiger partial charge in [-0.3, -0.25) is 4.79 Å². The second kappa shape index (κ2) is 3.34. The Labute approximate surface area is 77.3 Å². The van der Waals surface area contributed by atoms with Crippen LogP contribution in [-0.2, 0) is 0 Å². The minimum atomic E-state index is -0.751. The SMILES string of the molecule is O=C(Cl)c1nnc(Cl)cc1Cl. The van der Waals surface area contributed by atoms with Crippen molar-refractivity contribution in [3.05, 3.63) is 21.9 Å². The van der Waals surface area contributed by atoms with Crippen LogP contribution in [0.1, 0.15) is 10.5 Å². The highest BCUT2D eigenvalue weighted by Crippen LogP contribution is 2.17. The molecule has 0 amide bonds. The number of halogens is 3. The van der Waals surface area contributed by atoms with E-state index in [9.17, 15) is 4.79 Å². The molecule has 11 heavy (non-hydrogen) atoms. The number of hydrogen-bond acceptors (Lipinski definition) is 3. The molecule has 1 aromatic rings. The third-order valence-corrected chi connectivity index (χ3v) is 1.56. The number of rotatable bonds is 1. The van der Waals surface area contributed by atoms with Crippen molar-refractivity contribution in [1.82, 2.24) is 10.2 Å². The van der Waals surface area contributed by atoms with E-state index in [2.05, 4.69) is 10.2 Å². The van der Waals surface area contributed by atoms with Gasteiger partial charge in [-0.05, 0) is 17.7 Å². The van der Waals surface area contributed by atoms with Crippen molar-refractivity contribution in [3.63, 3.8) is 0 Å². The first-order valence-corrected chi connectivity index (χ1v) is 3.63. The maximum absolute atomic E-state index is 10.5. The summed E-state index contributed by atoms with van der Waals surface area (Å²) in [5.74, 6) is 0. The lowest BCUT2D eigenvalue weighted by molar-refractivity contribution is 0.107. The van der Waals surface area contributed by atoms with Gasteiger partial charge in [-0.15, -0.1) is 10.2 Å². The molecule has 0 spiro atoms. The smallest absolute Gasteiger partial charge is 0.274 e. The summed E-state index contributed by atoms with van der Waals surface area (Å²) in [6.45, 7) is 0. The van der Waals surface area contributed by atoms with Gasteiger partial charge in [0.2, 0.25) is 0 Å². The standard InChI is InChI=1S/C5HCl3N2O/c6-2-1-3(7)9-10-4(2)5(8)11/h1H. The van der Waals surface area contributed by atoms with Crippen LogP contribution in [0.5, 0.6) is 0 Å². The van der Waals surface area contributed by atoms with E-state index in [1.807, 2.05) is 0 Å².